The molecule has 2 aromatic rings. The molecular weight excluding hydrogens is 372 g/mol. The molecule has 3 rings (SSSR count). The minimum Gasteiger partial charge on any atom is -0.490 e. The predicted octanol–water partition coefficient (Wildman–Crippen LogP) is 3.30. The fourth-order valence-corrected chi connectivity index (χ4v) is 2.59. The zero-order valence-electron chi connectivity index (χ0n) is 15.9. The van der Waals surface area contributed by atoms with Crippen molar-refractivity contribution >= 4 is 23.6 Å². The maximum absolute atomic E-state index is 12.2. The molecular formula is C22H20N2O5. The van der Waals surface area contributed by atoms with E-state index in [1.165, 1.54) is 13.0 Å². The van der Waals surface area contributed by atoms with Gasteiger partial charge in [-0.25, -0.2) is 4.79 Å². The van der Waals surface area contributed by atoms with Crippen molar-refractivity contribution < 1.29 is 23.8 Å². The summed E-state index contributed by atoms with van der Waals surface area (Å²) in [5, 5.41) is 11.4. The molecule has 0 fully saturated rings. The number of hydrogen-bond acceptors (Lipinski definition) is 6. The maximum Gasteiger partial charge on any atom is 0.331 e. The minimum absolute atomic E-state index is 0.466. The highest BCUT2D eigenvalue weighted by Gasteiger charge is 2.17. The Morgan fingerprint density at radius 2 is 1.86 bits per heavy atom. The fraction of sp³-hybridized carbons (Fsp3) is 0.227. The van der Waals surface area contributed by atoms with Gasteiger partial charge in [0.2, 0.25) is 0 Å². The SMILES string of the molecule is C[C@H](OC(=O)/C=C/c1ccc2c(c1)OCCCO2)C(=O)Nc1ccc(C#N)cc1. The van der Waals surface area contributed by atoms with Crippen LogP contribution in [-0.4, -0.2) is 31.2 Å². The van der Waals surface area contributed by atoms with Gasteiger partial charge < -0.3 is 19.5 Å². The topological polar surface area (TPSA) is 97.7 Å². The van der Waals surface area contributed by atoms with Gasteiger partial charge in [0.1, 0.15) is 0 Å². The highest BCUT2D eigenvalue weighted by Crippen LogP contribution is 2.30. The molecule has 1 atom stereocenters. The van der Waals surface area contributed by atoms with Crippen LogP contribution in [0, 0.1) is 11.3 Å². The Labute approximate surface area is 168 Å². The molecule has 0 radical (unpaired) electrons. The predicted molar refractivity (Wildman–Crippen MR) is 106 cm³/mol. The molecule has 1 N–H and O–H groups in total. The number of carbonyl (C=O) groups is 2. The number of rotatable bonds is 5. The monoisotopic (exact) mass is 392 g/mol. The molecule has 29 heavy (non-hydrogen) atoms. The summed E-state index contributed by atoms with van der Waals surface area (Å²) in [7, 11) is 0. The number of benzene rings is 2. The molecule has 7 nitrogen and oxygen atoms in total. The molecule has 2 aromatic carbocycles. The van der Waals surface area contributed by atoms with E-state index < -0.39 is 18.0 Å². The molecule has 0 unspecified atom stereocenters. The number of carbonyl (C=O) groups excluding carboxylic acids is 2. The van der Waals surface area contributed by atoms with E-state index >= 15 is 0 Å². The molecule has 148 valence electrons. The summed E-state index contributed by atoms with van der Waals surface area (Å²) in [6, 6.07) is 13.8. The van der Waals surface area contributed by atoms with Crippen LogP contribution in [0.3, 0.4) is 0 Å². The Bertz CT molecular complexity index is 960. The number of nitrogens with one attached hydrogen (secondary N) is 1. The fourth-order valence-electron chi connectivity index (χ4n) is 2.59. The Morgan fingerprint density at radius 3 is 2.59 bits per heavy atom. The molecule has 1 aliphatic heterocycles. The first-order chi connectivity index (χ1) is 14.0. The van der Waals surface area contributed by atoms with E-state index in [0.29, 0.717) is 36.0 Å². The number of esters is 1. The van der Waals surface area contributed by atoms with Crippen LogP contribution < -0.4 is 14.8 Å². The lowest BCUT2D eigenvalue weighted by atomic mass is 10.2. The number of fused-ring (bicyclic) bond motifs is 1. The molecule has 7 heteroatoms. The van der Waals surface area contributed by atoms with Gasteiger partial charge in [0.25, 0.3) is 5.91 Å². The highest BCUT2D eigenvalue weighted by atomic mass is 16.5. The van der Waals surface area contributed by atoms with Crippen molar-refractivity contribution in [3.8, 4) is 17.6 Å². The average Bonchev–Trinajstić information content (AvgIpc) is 2.97. The third kappa shape index (κ3) is 5.59. The van der Waals surface area contributed by atoms with Gasteiger partial charge in [0, 0.05) is 18.2 Å². The van der Waals surface area contributed by atoms with Gasteiger partial charge in [-0.05, 0) is 55.0 Å². The van der Waals surface area contributed by atoms with Gasteiger partial charge in [-0.15, -0.1) is 0 Å². The second kappa shape index (κ2) is 9.42. The zero-order valence-corrected chi connectivity index (χ0v) is 15.9. The quantitative estimate of drug-likeness (QED) is 0.619. The lowest BCUT2D eigenvalue weighted by Gasteiger charge is -2.12. The Hall–Kier alpha value is -3.79. The molecule has 0 spiro atoms. The first-order valence-corrected chi connectivity index (χ1v) is 9.14. The lowest BCUT2D eigenvalue weighted by molar-refractivity contribution is -0.148. The van der Waals surface area contributed by atoms with E-state index in [1.807, 2.05) is 6.07 Å². The highest BCUT2D eigenvalue weighted by molar-refractivity contribution is 5.96. The second-order valence-electron chi connectivity index (χ2n) is 6.35. The summed E-state index contributed by atoms with van der Waals surface area (Å²) < 4.78 is 16.3. The number of anilines is 1. The number of amides is 1. The normalized spacial score (nSPS) is 13.8. The van der Waals surface area contributed by atoms with Crippen molar-refractivity contribution in [2.75, 3.05) is 18.5 Å². The van der Waals surface area contributed by atoms with E-state index in [0.717, 1.165) is 12.0 Å². The van der Waals surface area contributed by atoms with Crippen molar-refractivity contribution in [2.24, 2.45) is 0 Å². The van der Waals surface area contributed by atoms with Crippen molar-refractivity contribution in [2.45, 2.75) is 19.4 Å². The van der Waals surface area contributed by atoms with E-state index in [9.17, 15) is 9.59 Å². The van der Waals surface area contributed by atoms with Crippen molar-refractivity contribution in [3.05, 3.63) is 59.7 Å². The van der Waals surface area contributed by atoms with Gasteiger partial charge in [0.15, 0.2) is 17.6 Å². The van der Waals surface area contributed by atoms with Crippen molar-refractivity contribution in [1.29, 1.82) is 5.26 Å². The molecule has 0 bridgehead atoms. The van der Waals surface area contributed by atoms with Crippen LogP contribution in [-0.2, 0) is 14.3 Å². The molecule has 0 aromatic heterocycles. The van der Waals surface area contributed by atoms with E-state index in [4.69, 9.17) is 19.5 Å². The van der Waals surface area contributed by atoms with Crippen LogP contribution in [0.1, 0.15) is 24.5 Å². The van der Waals surface area contributed by atoms with E-state index in [1.54, 1.807) is 48.5 Å². The summed E-state index contributed by atoms with van der Waals surface area (Å²) >= 11 is 0. The van der Waals surface area contributed by atoms with Crippen LogP contribution in [0.25, 0.3) is 6.08 Å². The third-order valence-corrected chi connectivity index (χ3v) is 4.13. The Morgan fingerprint density at radius 1 is 1.14 bits per heavy atom. The average molecular weight is 392 g/mol. The molecule has 0 saturated heterocycles. The largest absolute Gasteiger partial charge is 0.490 e. The summed E-state index contributed by atoms with van der Waals surface area (Å²) in [5.41, 5.74) is 1.75. The lowest BCUT2D eigenvalue weighted by Crippen LogP contribution is -2.29. The summed E-state index contributed by atoms with van der Waals surface area (Å²) in [6.45, 7) is 2.67. The molecule has 1 amide bonds. The van der Waals surface area contributed by atoms with Crippen LogP contribution in [0.4, 0.5) is 5.69 Å². The van der Waals surface area contributed by atoms with Crippen LogP contribution in [0.15, 0.2) is 48.5 Å². The molecule has 0 aliphatic carbocycles. The first-order valence-electron chi connectivity index (χ1n) is 9.14. The van der Waals surface area contributed by atoms with Crippen LogP contribution in [0.5, 0.6) is 11.5 Å². The van der Waals surface area contributed by atoms with Crippen LogP contribution >= 0.6 is 0 Å². The van der Waals surface area contributed by atoms with Gasteiger partial charge in [0.05, 0.1) is 24.8 Å². The maximum atomic E-state index is 12.2. The summed E-state index contributed by atoms with van der Waals surface area (Å²) in [6.07, 6.45) is 2.67. The summed E-state index contributed by atoms with van der Waals surface area (Å²) in [5.74, 6) is 0.204. The Balaban J connectivity index is 1.54. The number of ether oxygens (including phenoxy) is 3. The zero-order chi connectivity index (χ0) is 20.6. The molecule has 0 saturated carbocycles. The molecule has 1 aliphatic rings. The summed E-state index contributed by atoms with van der Waals surface area (Å²) in [4.78, 5) is 24.2. The number of nitriles is 1. The van der Waals surface area contributed by atoms with Crippen LogP contribution in [0.2, 0.25) is 0 Å². The smallest absolute Gasteiger partial charge is 0.331 e. The first kappa shape index (κ1) is 20.0. The van der Waals surface area contributed by atoms with Gasteiger partial charge in [-0.1, -0.05) is 6.07 Å². The van der Waals surface area contributed by atoms with Gasteiger partial charge in [-0.2, -0.15) is 5.26 Å². The minimum atomic E-state index is -0.980. The van der Waals surface area contributed by atoms with Crippen molar-refractivity contribution in [3.63, 3.8) is 0 Å². The third-order valence-electron chi connectivity index (χ3n) is 4.13. The van der Waals surface area contributed by atoms with E-state index in [2.05, 4.69) is 5.32 Å². The van der Waals surface area contributed by atoms with Crippen molar-refractivity contribution in [1.82, 2.24) is 0 Å². The second-order valence-corrected chi connectivity index (χ2v) is 6.35. The van der Waals surface area contributed by atoms with E-state index in [-0.39, 0.29) is 0 Å². The van der Waals surface area contributed by atoms with Gasteiger partial charge in [-0.3, -0.25) is 4.79 Å². The Kier molecular flexibility index (Phi) is 6.48. The number of nitrogens with zero attached hydrogens (tertiary/aromatic N) is 1. The molecule has 1 heterocycles. The van der Waals surface area contributed by atoms with Gasteiger partial charge >= 0.3 is 5.97 Å². The standard InChI is InChI=1S/C22H20N2O5/c1-15(22(26)24-18-7-3-17(14-23)4-8-18)29-21(25)10-6-16-5-9-19-20(13-16)28-12-2-11-27-19/h3-10,13,15H,2,11-12H2,1H3,(H,24,26)/b10-6+/t15-/m0/s1. The number of hydrogen-bond donors (Lipinski definition) is 1.